The van der Waals surface area contributed by atoms with Crippen LogP contribution in [0.15, 0.2) is 11.6 Å². The molecule has 0 heterocycles. The molecule has 1 atom stereocenters. The van der Waals surface area contributed by atoms with Gasteiger partial charge in [0.15, 0.2) is 0 Å². The van der Waals surface area contributed by atoms with E-state index in [-0.39, 0.29) is 6.04 Å². The van der Waals surface area contributed by atoms with Crippen LogP contribution in [0.2, 0.25) is 0 Å². The second-order valence-electron chi connectivity index (χ2n) is 3.56. The number of aliphatic carboxylic acids is 1. The second-order valence-corrected chi connectivity index (χ2v) is 3.56. The highest BCUT2D eigenvalue weighted by Crippen LogP contribution is 2.16. The molecule has 0 aliphatic heterocycles. The Kier molecular flexibility index (Phi) is 3.96. The molecular formula is C10H17NO2. The number of hydrogen-bond acceptors (Lipinski definition) is 2. The molecule has 0 aromatic heterocycles. The molecule has 3 heteroatoms. The summed E-state index contributed by atoms with van der Waals surface area (Å²) in [4.78, 5) is 10.8. The van der Waals surface area contributed by atoms with Gasteiger partial charge in [-0.2, -0.15) is 0 Å². The third-order valence-electron chi connectivity index (χ3n) is 2.48. The van der Waals surface area contributed by atoms with Crippen LogP contribution in [0.1, 0.15) is 38.5 Å². The van der Waals surface area contributed by atoms with Crippen molar-refractivity contribution >= 4 is 5.97 Å². The van der Waals surface area contributed by atoms with E-state index < -0.39 is 5.97 Å². The predicted molar refractivity (Wildman–Crippen MR) is 51.4 cm³/mol. The third kappa shape index (κ3) is 3.19. The molecule has 0 radical (unpaired) electrons. The molecule has 0 aromatic rings. The summed E-state index contributed by atoms with van der Waals surface area (Å²) < 4.78 is 0. The summed E-state index contributed by atoms with van der Waals surface area (Å²) in [6.07, 6.45) is 7.95. The summed E-state index contributed by atoms with van der Waals surface area (Å²) in [7, 11) is 0. The van der Waals surface area contributed by atoms with E-state index in [0.717, 1.165) is 25.7 Å². The molecule has 0 amide bonds. The Hall–Kier alpha value is -0.830. The maximum Gasteiger partial charge on any atom is 0.332 e. The molecule has 0 saturated carbocycles. The van der Waals surface area contributed by atoms with Crippen LogP contribution in [-0.2, 0) is 4.79 Å². The molecule has 74 valence electrons. The van der Waals surface area contributed by atoms with Crippen molar-refractivity contribution in [3.8, 4) is 0 Å². The zero-order valence-electron chi connectivity index (χ0n) is 7.83. The first-order valence-electron chi connectivity index (χ1n) is 4.90. The molecule has 1 rings (SSSR count). The van der Waals surface area contributed by atoms with Gasteiger partial charge in [0, 0.05) is 11.6 Å². The molecule has 0 aromatic carbocycles. The number of allylic oxidation sites excluding steroid dienone is 1. The van der Waals surface area contributed by atoms with Gasteiger partial charge < -0.3 is 10.8 Å². The SMILES string of the molecule is N[C@@H]1CCCCCC/C=C\1C(=O)O. The van der Waals surface area contributed by atoms with E-state index in [1.54, 1.807) is 6.08 Å². The first-order chi connectivity index (χ1) is 6.22. The van der Waals surface area contributed by atoms with Crippen LogP contribution >= 0.6 is 0 Å². The van der Waals surface area contributed by atoms with Crippen LogP contribution in [0.3, 0.4) is 0 Å². The van der Waals surface area contributed by atoms with E-state index >= 15 is 0 Å². The summed E-state index contributed by atoms with van der Waals surface area (Å²) in [6.45, 7) is 0. The summed E-state index contributed by atoms with van der Waals surface area (Å²) in [6, 6.07) is -0.268. The van der Waals surface area contributed by atoms with Gasteiger partial charge >= 0.3 is 5.97 Å². The monoisotopic (exact) mass is 183 g/mol. The van der Waals surface area contributed by atoms with Gasteiger partial charge in [-0.1, -0.05) is 25.3 Å². The highest BCUT2D eigenvalue weighted by molar-refractivity contribution is 5.87. The Balaban J connectivity index is 2.66. The zero-order chi connectivity index (χ0) is 9.68. The lowest BCUT2D eigenvalue weighted by Crippen LogP contribution is -2.27. The molecule has 1 aliphatic carbocycles. The van der Waals surface area contributed by atoms with Gasteiger partial charge in [-0.05, 0) is 19.3 Å². The minimum Gasteiger partial charge on any atom is -0.478 e. The smallest absolute Gasteiger partial charge is 0.332 e. The Bertz CT molecular complexity index is 211. The number of carbonyl (C=O) groups is 1. The topological polar surface area (TPSA) is 63.3 Å². The van der Waals surface area contributed by atoms with E-state index in [1.165, 1.54) is 12.8 Å². The van der Waals surface area contributed by atoms with Crippen molar-refractivity contribution in [1.29, 1.82) is 0 Å². The van der Waals surface area contributed by atoms with E-state index in [2.05, 4.69) is 0 Å². The fraction of sp³-hybridized carbons (Fsp3) is 0.700. The number of rotatable bonds is 1. The molecule has 0 unspecified atom stereocenters. The van der Waals surface area contributed by atoms with Gasteiger partial charge in [0.1, 0.15) is 0 Å². The molecule has 0 spiro atoms. The lowest BCUT2D eigenvalue weighted by Gasteiger charge is -2.10. The van der Waals surface area contributed by atoms with Crippen LogP contribution in [-0.4, -0.2) is 17.1 Å². The molecule has 0 saturated heterocycles. The van der Waals surface area contributed by atoms with Crippen molar-refractivity contribution in [2.45, 2.75) is 44.6 Å². The molecule has 3 N–H and O–H groups in total. The number of carboxylic acid groups (broad SMARTS) is 1. The van der Waals surface area contributed by atoms with Gasteiger partial charge in [-0.15, -0.1) is 0 Å². The van der Waals surface area contributed by atoms with Crippen LogP contribution in [0.4, 0.5) is 0 Å². The van der Waals surface area contributed by atoms with Gasteiger partial charge in [0.2, 0.25) is 0 Å². The van der Waals surface area contributed by atoms with Gasteiger partial charge in [0.05, 0.1) is 0 Å². The third-order valence-corrected chi connectivity index (χ3v) is 2.48. The quantitative estimate of drug-likeness (QED) is 0.650. The standard InChI is InChI=1S/C10H17NO2/c11-9-7-5-3-1-2-4-6-8(9)10(12)13/h6,9H,1-5,7,11H2,(H,12,13)/b8-6+/t9-/m1/s1. The lowest BCUT2D eigenvalue weighted by molar-refractivity contribution is -0.133. The Morgan fingerprint density at radius 2 is 2.08 bits per heavy atom. The molecule has 3 nitrogen and oxygen atoms in total. The van der Waals surface area contributed by atoms with E-state index in [9.17, 15) is 4.79 Å². The second kappa shape index (κ2) is 5.02. The first-order valence-corrected chi connectivity index (χ1v) is 4.90. The van der Waals surface area contributed by atoms with Crippen LogP contribution in [0.25, 0.3) is 0 Å². The minimum absolute atomic E-state index is 0.268. The lowest BCUT2D eigenvalue weighted by atomic mass is 10.0. The molecule has 0 bridgehead atoms. The first kappa shape index (κ1) is 10.3. The molecule has 0 fully saturated rings. The Morgan fingerprint density at radius 1 is 1.38 bits per heavy atom. The summed E-state index contributed by atoms with van der Waals surface area (Å²) in [5, 5.41) is 8.87. The van der Waals surface area contributed by atoms with Gasteiger partial charge in [-0.25, -0.2) is 4.79 Å². The largest absolute Gasteiger partial charge is 0.478 e. The van der Waals surface area contributed by atoms with Crippen LogP contribution in [0.5, 0.6) is 0 Å². The van der Waals surface area contributed by atoms with Crippen molar-refractivity contribution in [2.24, 2.45) is 5.73 Å². The number of nitrogens with two attached hydrogens (primary N) is 1. The van der Waals surface area contributed by atoms with Gasteiger partial charge in [-0.3, -0.25) is 0 Å². The average molecular weight is 183 g/mol. The normalized spacial score (nSPS) is 29.3. The minimum atomic E-state index is -0.852. The summed E-state index contributed by atoms with van der Waals surface area (Å²) in [5.41, 5.74) is 6.17. The van der Waals surface area contributed by atoms with E-state index in [1.807, 2.05) is 0 Å². The van der Waals surface area contributed by atoms with E-state index in [4.69, 9.17) is 10.8 Å². The summed E-state index contributed by atoms with van der Waals surface area (Å²) >= 11 is 0. The fourth-order valence-corrected chi connectivity index (χ4v) is 1.67. The van der Waals surface area contributed by atoms with E-state index in [0.29, 0.717) is 5.57 Å². The van der Waals surface area contributed by atoms with Crippen molar-refractivity contribution in [3.05, 3.63) is 11.6 Å². The zero-order valence-corrected chi connectivity index (χ0v) is 7.83. The summed E-state index contributed by atoms with van der Waals surface area (Å²) in [5.74, 6) is -0.852. The Morgan fingerprint density at radius 3 is 2.77 bits per heavy atom. The number of hydrogen-bond donors (Lipinski definition) is 2. The Labute approximate surface area is 78.6 Å². The maximum absolute atomic E-state index is 10.8. The van der Waals surface area contributed by atoms with Crippen molar-refractivity contribution in [2.75, 3.05) is 0 Å². The molecule has 13 heavy (non-hydrogen) atoms. The highest BCUT2D eigenvalue weighted by atomic mass is 16.4. The number of carboxylic acids is 1. The fourth-order valence-electron chi connectivity index (χ4n) is 1.67. The average Bonchev–Trinajstić information content (AvgIpc) is 2.16. The van der Waals surface area contributed by atoms with Crippen molar-refractivity contribution in [3.63, 3.8) is 0 Å². The highest BCUT2D eigenvalue weighted by Gasteiger charge is 2.16. The van der Waals surface area contributed by atoms with Gasteiger partial charge in [0.25, 0.3) is 0 Å². The van der Waals surface area contributed by atoms with Crippen molar-refractivity contribution < 1.29 is 9.90 Å². The van der Waals surface area contributed by atoms with Crippen LogP contribution in [0, 0.1) is 0 Å². The molecular weight excluding hydrogens is 166 g/mol. The molecule has 1 aliphatic rings. The maximum atomic E-state index is 10.8. The van der Waals surface area contributed by atoms with Crippen LogP contribution < -0.4 is 5.73 Å². The van der Waals surface area contributed by atoms with Crippen molar-refractivity contribution in [1.82, 2.24) is 0 Å². The predicted octanol–water partition coefficient (Wildman–Crippen LogP) is 1.68.